The van der Waals surface area contributed by atoms with E-state index < -0.39 is 0 Å². The fourth-order valence-corrected chi connectivity index (χ4v) is 4.93. The number of nitrogens with zero attached hydrogens (tertiary/aromatic N) is 10. The quantitative estimate of drug-likeness (QED) is 0.207. The fraction of sp³-hybridized carbons (Fsp3) is 0.280. The Morgan fingerprint density at radius 1 is 1.05 bits per heavy atom. The highest BCUT2D eigenvalue weighted by Gasteiger charge is 2.44. The van der Waals surface area contributed by atoms with E-state index in [-0.39, 0.29) is 10.9 Å². The van der Waals surface area contributed by atoms with E-state index in [0.717, 1.165) is 59.2 Å². The van der Waals surface area contributed by atoms with Crippen LogP contribution in [0.3, 0.4) is 0 Å². The molecular weight excluding hydrogens is 468 g/mol. The van der Waals surface area contributed by atoms with Gasteiger partial charge in [0.1, 0.15) is 6.33 Å². The van der Waals surface area contributed by atoms with Gasteiger partial charge in [-0.15, -0.1) is 10.2 Å². The summed E-state index contributed by atoms with van der Waals surface area (Å²) in [5, 5.41) is 28.1. The predicted octanol–water partition coefficient (Wildman–Crippen LogP) is 5.03. The summed E-state index contributed by atoms with van der Waals surface area (Å²) in [6.45, 7) is 2.68. The molecule has 0 radical (unpaired) electrons. The number of hydrogen-bond acceptors (Lipinski definition) is 8. The molecule has 0 fully saturated rings. The van der Waals surface area contributed by atoms with Gasteiger partial charge in [0.2, 0.25) is 18.3 Å². The van der Waals surface area contributed by atoms with Crippen molar-refractivity contribution in [3.05, 3.63) is 67.0 Å². The van der Waals surface area contributed by atoms with E-state index >= 15 is 0 Å². The number of tetrazole rings is 1. The summed E-state index contributed by atoms with van der Waals surface area (Å²) < 4.78 is 2.25. The molecule has 2 aromatic carbocycles. The molecule has 0 saturated carbocycles. The highest BCUT2D eigenvalue weighted by Crippen LogP contribution is 2.38. The third kappa shape index (κ3) is 4.31. The lowest BCUT2D eigenvalue weighted by molar-refractivity contribution is -0.992. The number of H-pyrrole nitrogens is 2. The van der Waals surface area contributed by atoms with Gasteiger partial charge in [-0.3, -0.25) is 4.57 Å². The van der Waals surface area contributed by atoms with E-state index in [1.54, 1.807) is 6.20 Å². The molecule has 1 aliphatic rings. The molecule has 2 unspecified atom stereocenters. The SMILES string of the molecule is CCCCCC(n1cnc2cc(-c3ccccc3-c3nn[nH]n3)ccc21)[N+]1(Cc2ncc[nH]2)N=CN=N1. The number of rotatable bonds is 10. The van der Waals surface area contributed by atoms with Gasteiger partial charge in [-0.1, -0.05) is 55.2 Å². The van der Waals surface area contributed by atoms with Crippen molar-refractivity contribution >= 4 is 17.4 Å². The number of benzene rings is 2. The van der Waals surface area contributed by atoms with E-state index in [1.807, 2.05) is 30.7 Å². The molecule has 12 heteroatoms. The number of aromatic nitrogens is 8. The molecule has 37 heavy (non-hydrogen) atoms. The molecule has 12 nitrogen and oxygen atoms in total. The number of aromatic amines is 2. The van der Waals surface area contributed by atoms with Crippen LogP contribution in [0, 0.1) is 0 Å². The van der Waals surface area contributed by atoms with Crippen LogP contribution in [-0.4, -0.2) is 51.2 Å². The van der Waals surface area contributed by atoms with Crippen molar-refractivity contribution in [1.82, 2.24) is 40.1 Å². The molecule has 0 bridgehead atoms. The minimum Gasteiger partial charge on any atom is -0.344 e. The molecule has 2 N–H and O–H groups in total. The van der Waals surface area contributed by atoms with Crippen molar-refractivity contribution in [3.63, 3.8) is 0 Å². The van der Waals surface area contributed by atoms with Crippen LogP contribution in [0.2, 0.25) is 0 Å². The summed E-state index contributed by atoms with van der Waals surface area (Å²) >= 11 is 0. The first-order valence-corrected chi connectivity index (χ1v) is 12.4. The number of unbranched alkanes of at least 4 members (excludes halogenated alkanes) is 2. The molecule has 0 aliphatic carbocycles. The standard InChI is InChI=1S/C25H27N12/c1-2-3-4-9-24(37(30-16-29-35-37)15-23-26-12-13-27-23)36-17-28-21-14-18(10-11-22(21)36)19-7-5-6-8-20(19)25-31-33-34-32-25/h5-8,10-14,16-17,24H,2-4,9,15H2,1H3,(H,26,27)(H,31,32,33,34)/q+1. The summed E-state index contributed by atoms with van der Waals surface area (Å²) in [5.41, 5.74) is 4.84. The van der Waals surface area contributed by atoms with Gasteiger partial charge in [-0.25, -0.2) is 9.97 Å². The van der Waals surface area contributed by atoms with E-state index in [9.17, 15) is 0 Å². The van der Waals surface area contributed by atoms with Crippen LogP contribution >= 0.6 is 0 Å². The summed E-state index contributed by atoms with van der Waals surface area (Å²) in [4.78, 5) is 12.4. The Labute approximate surface area is 212 Å². The number of hydrogen-bond donors (Lipinski definition) is 2. The molecule has 5 aromatic rings. The second kappa shape index (κ2) is 9.82. The zero-order valence-electron chi connectivity index (χ0n) is 20.4. The van der Waals surface area contributed by atoms with Crippen LogP contribution in [0.25, 0.3) is 33.5 Å². The Kier molecular flexibility index (Phi) is 6.06. The topological polar surface area (TPSA) is 138 Å². The summed E-state index contributed by atoms with van der Waals surface area (Å²) in [7, 11) is 0. The van der Waals surface area contributed by atoms with Gasteiger partial charge in [0.05, 0.1) is 16.3 Å². The lowest BCUT2D eigenvalue weighted by atomic mass is 9.99. The maximum atomic E-state index is 4.80. The Morgan fingerprint density at radius 2 is 1.97 bits per heavy atom. The van der Waals surface area contributed by atoms with E-state index in [1.165, 1.54) is 6.34 Å². The van der Waals surface area contributed by atoms with E-state index in [0.29, 0.717) is 12.4 Å². The van der Waals surface area contributed by atoms with Gasteiger partial charge >= 0.3 is 0 Å². The molecule has 6 rings (SSSR count). The average Bonchev–Trinajstić information content (AvgIpc) is 3.75. The normalized spacial score (nSPS) is 17.6. The van der Waals surface area contributed by atoms with Gasteiger partial charge in [-0.2, -0.15) is 5.21 Å². The van der Waals surface area contributed by atoms with Gasteiger partial charge in [0, 0.05) is 24.4 Å². The van der Waals surface area contributed by atoms with Crippen LogP contribution in [0.5, 0.6) is 0 Å². The van der Waals surface area contributed by atoms with Crippen LogP contribution in [-0.2, 0) is 6.54 Å². The number of imidazole rings is 2. The fourth-order valence-electron chi connectivity index (χ4n) is 4.93. The molecule has 4 heterocycles. The first-order chi connectivity index (χ1) is 18.3. The molecule has 186 valence electrons. The average molecular weight is 496 g/mol. The minimum atomic E-state index is -0.124. The molecule has 0 spiro atoms. The van der Waals surface area contributed by atoms with E-state index in [4.69, 9.17) is 10.1 Å². The number of fused-ring (bicyclic) bond motifs is 1. The second-order valence-corrected chi connectivity index (χ2v) is 9.03. The number of nitrogens with one attached hydrogen (secondary N) is 2. The van der Waals surface area contributed by atoms with Crippen molar-refractivity contribution in [2.75, 3.05) is 0 Å². The van der Waals surface area contributed by atoms with Gasteiger partial charge in [0.25, 0.3) is 0 Å². The minimum absolute atomic E-state index is 0.0606. The van der Waals surface area contributed by atoms with Crippen LogP contribution in [0.1, 0.15) is 44.6 Å². The highest BCUT2D eigenvalue weighted by molar-refractivity contribution is 5.87. The third-order valence-electron chi connectivity index (χ3n) is 6.71. The Hall–Kier alpha value is -4.58. The zero-order chi connectivity index (χ0) is 25.1. The van der Waals surface area contributed by atoms with Crippen LogP contribution < -0.4 is 0 Å². The Balaban J connectivity index is 1.41. The number of quaternary nitrogens is 1. The van der Waals surface area contributed by atoms with Crippen molar-refractivity contribution in [2.45, 2.75) is 45.3 Å². The third-order valence-corrected chi connectivity index (χ3v) is 6.71. The Bertz CT molecular complexity index is 1520. The molecule has 2 atom stereocenters. The predicted molar refractivity (Wildman–Crippen MR) is 137 cm³/mol. The van der Waals surface area contributed by atoms with Crippen molar-refractivity contribution in [3.8, 4) is 22.5 Å². The highest BCUT2D eigenvalue weighted by atomic mass is 15.9. The lowest BCUT2D eigenvalue weighted by Crippen LogP contribution is -2.42. The van der Waals surface area contributed by atoms with Crippen molar-refractivity contribution in [1.29, 1.82) is 0 Å². The largest absolute Gasteiger partial charge is 0.344 e. The van der Waals surface area contributed by atoms with E-state index in [2.05, 4.69) is 76.7 Å². The van der Waals surface area contributed by atoms with Crippen LogP contribution in [0.15, 0.2) is 76.6 Å². The van der Waals surface area contributed by atoms with Gasteiger partial charge in [0.15, 0.2) is 12.4 Å². The smallest absolute Gasteiger partial charge is 0.222 e. The zero-order valence-corrected chi connectivity index (χ0v) is 20.4. The first-order valence-electron chi connectivity index (χ1n) is 12.4. The maximum Gasteiger partial charge on any atom is 0.222 e. The summed E-state index contributed by atoms with van der Waals surface area (Å²) in [6, 6.07) is 14.3. The first kappa shape index (κ1) is 22.9. The Morgan fingerprint density at radius 3 is 2.73 bits per heavy atom. The monoisotopic (exact) mass is 495 g/mol. The summed E-state index contributed by atoms with van der Waals surface area (Å²) in [5.74, 6) is 1.36. The van der Waals surface area contributed by atoms with Gasteiger partial charge < -0.3 is 4.98 Å². The second-order valence-electron chi connectivity index (χ2n) is 9.03. The molecular formula is C25H27N12+. The lowest BCUT2D eigenvalue weighted by Gasteiger charge is -2.30. The van der Waals surface area contributed by atoms with Crippen molar-refractivity contribution < 1.29 is 4.70 Å². The van der Waals surface area contributed by atoms with Crippen LogP contribution in [0.4, 0.5) is 0 Å². The maximum absolute atomic E-state index is 4.80. The summed E-state index contributed by atoms with van der Waals surface area (Å²) in [6.07, 6.45) is 11.0. The molecule has 0 amide bonds. The molecule has 0 saturated heterocycles. The molecule has 1 aliphatic heterocycles. The molecule has 3 aromatic heterocycles. The van der Waals surface area contributed by atoms with Gasteiger partial charge in [-0.05, 0) is 44.7 Å². The van der Waals surface area contributed by atoms with Crippen molar-refractivity contribution in [2.24, 2.45) is 15.4 Å².